The average Bonchev–Trinajstić information content (AvgIpc) is 2.97. The summed E-state index contributed by atoms with van der Waals surface area (Å²) in [7, 11) is 0. The third-order valence-corrected chi connectivity index (χ3v) is 5.47. The van der Waals surface area contributed by atoms with Gasteiger partial charge < -0.3 is 15.0 Å². The fraction of sp³-hybridized carbons (Fsp3) is 0.421. The molecule has 1 amide bonds. The normalized spacial score (nSPS) is 17.7. The van der Waals surface area contributed by atoms with Crippen molar-refractivity contribution in [1.29, 1.82) is 0 Å². The Morgan fingerprint density at radius 1 is 1.33 bits per heavy atom. The van der Waals surface area contributed by atoms with Gasteiger partial charge in [0, 0.05) is 44.9 Å². The maximum Gasteiger partial charge on any atom is 0.303 e. The number of amides is 1. The predicted molar refractivity (Wildman–Crippen MR) is 104 cm³/mol. The van der Waals surface area contributed by atoms with Crippen LogP contribution in [-0.4, -0.2) is 55.9 Å². The first kappa shape index (κ1) is 18.8. The van der Waals surface area contributed by atoms with Gasteiger partial charge in [-0.2, -0.15) is 8.78 Å². The zero-order valence-corrected chi connectivity index (χ0v) is 16.4. The summed E-state index contributed by atoms with van der Waals surface area (Å²) in [6, 6.07) is 3.17. The molecule has 2 aliphatic heterocycles. The van der Waals surface area contributed by atoms with Crippen molar-refractivity contribution < 1.29 is 18.3 Å². The first-order valence-corrected chi connectivity index (χ1v) is 9.50. The first-order valence-electron chi connectivity index (χ1n) is 9.50. The van der Waals surface area contributed by atoms with Gasteiger partial charge >= 0.3 is 5.92 Å². The molecule has 5 rings (SSSR count). The number of hydrogen-bond acceptors (Lipinski definition) is 7. The van der Waals surface area contributed by atoms with E-state index in [0.717, 1.165) is 25.3 Å². The van der Waals surface area contributed by atoms with Crippen molar-refractivity contribution in [1.82, 2.24) is 24.7 Å². The van der Waals surface area contributed by atoms with Gasteiger partial charge in [0.1, 0.15) is 5.82 Å². The van der Waals surface area contributed by atoms with E-state index in [-0.39, 0.29) is 17.3 Å². The Morgan fingerprint density at radius 3 is 2.73 bits per heavy atom. The molecule has 3 aromatic heterocycles. The van der Waals surface area contributed by atoms with Crippen molar-refractivity contribution in [3.63, 3.8) is 0 Å². The number of pyridine rings is 1. The summed E-state index contributed by atoms with van der Waals surface area (Å²) in [4.78, 5) is 25.6. The SMILES string of the molecule is CC(=O)Nc1cc2c(cn1)c(N1CCC13COC3)nn2-c1ccnc(C(C)(F)F)n1. The van der Waals surface area contributed by atoms with E-state index in [2.05, 4.69) is 25.2 Å². The number of carbonyl (C=O) groups is 1. The highest BCUT2D eigenvalue weighted by molar-refractivity contribution is 5.95. The standard InChI is InChI=1S/C19H19F2N7O2/c1-11(29)24-14-7-13-12(8-23-14)16(27-6-4-19(27)9-30-10-19)26-28(13)15-3-5-22-17(25-15)18(2,20)21/h3,5,7-8H,4,6,9-10H2,1-2H3,(H,23,24,29). The van der Waals surface area contributed by atoms with E-state index < -0.39 is 11.7 Å². The fourth-order valence-corrected chi connectivity index (χ4v) is 3.80. The van der Waals surface area contributed by atoms with E-state index in [1.807, 2.05) is 0 Å². The zero-order chi connectivity index (χ0) is 21.1. The molecule has 1 spiro atoms. The predicted octanol–water partition coefficient (Wildman–Crippen LogP) is 2.26. The molecule has 2 aliphatic rings. The number of alkyl halides is 2. The Balaban J connectivity index is 1.67. The second-order valence-corrected chi connectivity index (χ2v) is 7.75. The second-order valence-electron chi connectivity index (χ2n) is 7.75. The Kier molecular flexibility index (Phi) is 4.01. The summed E-state index contributed by atoms with van der Waals surface area (Å²) in [6.45, 7) is 4.19. The summed E-state index contributed by atoms with van der Waals surface area (Å²) >= 11 is 0. The molecule has 0 aromatic carbocycles. The van der Waals surface area contributed by atoms with Crippen LogP contribution in [0.1, 0.15) is 26.1 Å². The van der Waals surface area contributed by atoms with Gasteiger partial charge in [-0.25, -0.2) is 19.6 Å². The lowest BCUT2D eigenvalue weighted by atomic mass is 9.82. The smallest absolute Gasteiger partial charge is 0.303 e. The molecule has 0 aliphatic carbocycles. The van der Waals surface area contributed by atoms with Crippen LogP contribution >= 0.6 is 0 Å². The number of carbonyl (C=O) groups excluding carboxylic acids is 1. The second kappa shape index (κ2) is 6.39. The van der Waals surface area contributed by atoms with Crippen LogP contribution in [0.2, 0.25) is 0 Å². The summed E-state index contributed by atoms with van der Waals surface area (Å²) in [5.41, 5.74) is 0.519. The molecule has 9 nitrogen and oxygen atoms in total. The number of hydrogen-bond donors (Lipinski definition) is 1. The van der Waals surface area contributed by atoms with Gasteiger partial charge in [-0.3, -0.25) is 4.79 Å². The molecule has 2 fully saturated rings. The number of nitrogens with one attached hydrogen (secondary N) is 1. The lowest BCUT2D eigenvalue weighted by Gasteiger charge is -2.57. The van der Waals surface area contributed by atoms with Gasteiger partial charge in [0.15, 0.2) is 11.6 Å². The molecule has 11 heteroatoms. The molecule has 5 heterocycles. The number of halogens is 2. The third kappa shape index (κ3) is 2.88. The van der Waals surface area contributed by atoms with Crippen molar-refractivity contribution in [2.24, 2.45) is 0 Å². The molecule has 0 atom stereocenters. The van der Waals surface area contributed by atoms with Crippen molar-refractivity contribution >= 4 is 28.4 Å². The summed E-state index contributed by atoms with van der Waals surface area (Å²) in [5, 5.41) is 8.07. The van der Waals surface area contributed by atoms with Gasteiger partial charge in [-0.05, 0) is 6.42 Å². The Bertz CT molecular complexity index is 1150. The number of rotatable bonds is 4. The Hall–Kier alpha value is -3.21. The lowest BCUT2D eigenvalue weighted by Crippen LogP contribution is -2.71. The number of fused-ring (bicyclic) bond motifs is 1. The number of aromatic nitrogens is 5. The van der Waals surface area contributed by atoms with Gasteiger partial charge in [-0.15, -0.1) is 5.10 Å². The minimum atomic E-state index is -3.19. The van der Waals surface area contributed by atoms with Crippen molar-refractivity contribution in [2.75, 3.05) is 30.0 Å². The van der Waals surface area contributed by atoms with Crippen LogP contribution in [0.15, 0.2) is 24.5 Å². The molecule has 1 N–H and O–H groups in total. The maximum atomic E-state index is 13.8. The third-order valence-electron chi connectivity index (χ3n) is 5.47. The molecule has 0 unspecified atom stereocenters. The largest absolute Gasteiger partial charge is 0.376 e. The molecular weight excluding hydrogens is 396 g/mol. The van der Waals surface area contributed by atoms with Gasteiger partial charge in [0.05, 0.1) is 29.7 Å². The summed E-state index contributed by atoms with van der Waals surface area (Å²) in [5.74, 6) is -2.81. The molecule has 3 aromatic rings. The molecule has 2 saturated heterocycles. The van der Waals surface area contributed by atoms with E-state index in [1.54, 1.807) is 12.3 Å². The van der Waals surface area contributed by atoms with Crippen LogP contribution in [-0.2, 0) is 15.5 Å². The number of nitrogens with zero attached hydrogens (tertiary/aromatic N) is 6. The first-order chi connectivity index (χ1) is 14.3. The van der Waals surface area contributed by atoms with Gasteiger partial charge in [0.25, 0.3) is 0 Å². The van der Waals surface area contributed by atoms with Crippen LogP contribution in [0.3, 0.4) is 0 Å². The van der Waals surface area contributed by atoms with Crippen LogP contribution in [0.5, 0.6) is 0 Å². The van der Waals surface area contributed by atoms with E-state index >= 15 is 0 Å². The molecule has 30 heavy (non-hydrogen) atoms. The minimum absolute atomic E-state index is 0.0737. The highest BCUT2D eigenvalue weighted by Crippen LogP contribution is 2.43. The molecular formula is C19H19F2N7O2. The maximum absolute atomic E-state index is 13.8. The van der Waals surface area contributed by atoms with Gasteiger partial charge in [-0.1, -0.05) is 0 Å². The Labute approximate surface area is 170 Å². The topological polar surface area (TPSA) is 98.1 Å². The van der Waals surface area contributed by atoms with Crippen LogP contribution in [0, 0.1) is 0 Å². The van der Waals surface area contributed by atoms with E-state index in [0.29, 0.717) is 30.4 Å². The van der Waals surface area contributed by atoms with Crippen LogP contribution in [0.25, 0.3) is 16.7 Å². The van der Waals surface area contributed by atoms with Crippen LogP contribution in [0.4, 0.5) is 20.4 Å². The molecule has 156 valence electrons. The van der Waals surface area contributed by atoms with E-state index in [4.69, 9.17) is 9.84 Å². The van der Waals surface area contributed by atoms with Crippen molar-refractivity contribution in [3.8, 4) is 5.82 Å². The lowest BCUT2D eigenvalue weighted by molar-refractivity contribution is -0.114. The highest BCUT2D eigenvalue weighted by atomic mass is 19.3. The zero-order valence-electron chi connectivity index (χ0n) is 16.4. The number of anilines is 2. The quantitative estimate of drug-likeness (QED) is 0.698. The van der Waals surface area contributed by atoms with Crippen molar-refractivity contribution in [2.45, 2.75) is 31.7 Å². The highest BCUT2D eigenvalue weighted by Gasteiger charge is 2.52. The van der Waals surface area contributed by atoms with E-state index in [1.165, 1.54) is 23.9 Å². The van der Waals surface area contributed by atoms with Crippen LogP contribution < -0.4 is 10.2 Å². The summed E-state index contributed by atoms with van der Waals surface area (Å²) in [6.07, 6.45) is 3.91. The molecule has 0 saturated carbocycles. The van der Waals surface area contributed by atoms with E-state index in [9.17, 15) is 13.6 Å². The fourth-order valence-electron chi connectivity index (χ4n) is 3.80. The summed E-state index contributed by atoms with van der Waals surface area (Å²) < 4.78 is 34.5. The molecule has 0 radical (unpaired) electrons. The number of ether oxygens (including phenoxy) is 1. The van der Waals surface area contributed by atoms with Gasteiger partial charge in [0.2, 0.25) is 11.7 Å². The van der Waals surface area contributed by atoms with Crippen molar-refractivity contribution in [3.05, 3.63) is 30.4 Å². The molecule has 0 bridgehead atoms. The monoisotopic (exact) mass is 415 g/mol. The average molecular weight is 415 g/mol. The minimum Gasteiger partial charge on any atom is -0.376 e. The Morgan fingerprint density at radius 2 is 2.13 bits per heavy atom.